The molecule has 0 bridgehead atoms. The number of carboxylic acids is 1. The maximum Gasteiger partial charge on any atom is 0.338 e. The Morgan fingerprint density at radius 3 is 2.62 bits per heavy atom. The van der Waals surface area contributed by atoms with Crippen LogP contribution in [0.15, 0.2) is 42.5 Å². The molecule has 3 heterocycles. The van der Waals surface area contributed by atoms with E-state index in [1.807, 2.05) is 12.1 Å². The van der Waals surface area contributed by atoms with Crippen LogP contribution in [-0.4, -0.2) is 50.7 Å². The first kappa shape index (κ1) is 26.8. The molecule has 0 saturated carbocycles. The lowest BCUT2D eigenvalue weighted by Gasteiger charge is -2.31. The maximum atomic E-state index is 14.7. The summed E-state index contributed by atoms with van der Waals surface area (Å²) >= 11 is 5.82. The number of aromatic nitrogens is 3. The first-order valence-electron chi connectivity index (χ1n) is 12.5. The Morgan fingerprint density at radius 1 is 1.15 bits per heavy atom. The van der Waals surface area contributed by atoms with Gasteiger partial charge in [0, 0.05) is 35.3 Å². The molecule has 1 aliphatic rings. The molecule has 5 rings (SSSR count). The number of likely N-dealkylation sites (tertiary alicyclic amines) is 1. The van der Waals surface area contributed by atoms with Gasteiger partial charge in [-0.05, 0) is 50.2 Å². The summed E-state index contributed by atoms with van der Waals surface area (Å²) < 4.78 is 41.5. The third-order valence-electron chi connectivity index (χ3n) is 7.09. The monoisotopic (exact) mass is 556 g/mol. The Morgan fingerprint density at radius 2 is 1.92 bits per heavy atom. The van der Waals surface area contributed by atoms with Crippen LogP contribution in [-0.2, 0) is 20.2 Å². The smallest absolute Gasteiger partial charge is 0.338 e. The minimum Gasteiger partial charge on any atom is -0.491 e. The molecular weight excluding hydrogens is 530 g/mol. The molecule has 8 nitrogen and oxygen atoms in total. The Hall–Kier alpha value is -3.76. The van der Waals surface area contributed by atoms with Gasteiger partial charge in [-0.3, -0.25) is 4.90 Å². The number of carbonyl (C=O) groups is 1. The highest BCUT2D eigenvalue weighted by atomic mass is 35.5. The van der Waals surface area contributed by atoms with Crippen LogP contribution in [0, 0.1) is 11.6 Å². The van der Waals surface area contributed by atoms with E-state index >= 15 is 0 Å². The summed E-state index contributed by atoms with van der Waals surface area (Å²) in [5.41, 5.74) is 1.65. The van der Waals surface area contributed by atoms with Crippen molar-refractivity contribution in [2.24, 2.45) is 7.05 Å². The van der Waals surface area contributed by atoms with E-state index in [0.29, 0.717) is 39.9 Å². The van der Waals surface area contributed by atoms with Crippen molar-refractivity contribution in [2.45, 2.75) is 31.9 Å². The third kappa shape index (κ3) is 5.53. The number of halogens is 3. The van der Waals surface area contributed by atoms with E-state index < -0.39 is 23.2 Å². The van der Waals surface area contributed by atoms with Gasteiger partial charge in [0.15, 0.2) is 11.6 Å². The highest BCUT2D eigenvalue weighted by molar-refractivity contribution is 6.30. The van der Waals surface area contributed by atoms with E-state index in [0.717, 1.165) is 31.6 Å². The second-order valence-corrected chi connectivity index (χ2v) is 9.94. The number of aryl methyl sites for hydroxylation is 1. The molecule has 1 aliphatic heterocycles. The van der Waals surface area contributed by atoms with E-state index in [1.54, 1.807) is 29.8 Å². The minimum absolute atomic E-state index is 0.0541. The lowest BCUT2D eigenvalue weighted by atomic mass is 9.93. The average Bonchev–Trinajstić information content (AvgIpc) is 3.23. The zero-order valence-electron chi connectivity index (χ0n) is 21.5. The summed E-state index contributed by atoms with van der Waals surface area (Å²) in [5.74, 6) is -1.47. The van der Waals surface area contributed by atoms with Crippen molar-refractivity contribution in [1.29, 1.82) is 0 Å². The number of ether oxygens (including phenoxy) is 2. The zero-order valence-corrected chi connectivity index (χ0v) is 22.2. The number of imidazole rings is 1. The van der Waals surface area contributed by atoms with Crippen LogP contribution in [0.3, 0.4) is 0 Å². The molecule has 11 heteroatoms. The first-order chi connectivity index (χ1) is 18.7. The molecule has 0 radical (unpaired) electrons. The SMILES string of the molecule is COc1c(F)c(C(=O)O)cc2nc(CN3CCC(c4cccc(OCc5ccc(Cl)cc5F)n4)CC3)n(C)c12. The lowest BCUT2D eigenvalue weighted by Crippen LogP contribution is -2.33. The Balaban J connectivity index is 1.24. The molecule has 0 spiro atoms. The highest BCUT2D eigenvalue weighted by Crippen LogP contribution is 2.33. The predicted octanol–water partition coefficient (Wildman–Crippen LogP) is 5.57. The van der Waals surface area contributed by atoms with Gasteiger partial charge in [0.25, 0.3) is 0 Å². The molecule has 0 atom stereocenters. The molecule has 0 amide bonds. The van der Waals surface area contributed by atoms with Gasteiger partial charge in [0.05, 0.1) is 19.2 Å². The van der Waals surface area contributed by atoms with Crippen molar-refractivity contribution in [3.05, 3.63) is 81.8 Å². The topological polar surface area (TPSA) is 89.7 Å². The summed E-state index contributed by atoms with van der Waals surface area (Å²) in [6.45, 7) is 2.16. The van der Waals surface area contributed by atoms with E-state index in [1.165, 1.54) is 19.2 Å². The quantitative estimate of drug-likeness (QED) is 0.304. The summed E-state index contributed by atoms with van der Waals surface area (Å²) in [7, 11) is 3.08. The van der Waals surface area contributed by atoms with Crippen LogP contribution in [0.2, 0.25) is 5.02 Å². The number of pyridine rings is 1. The van der Waals surface area contributed by atoms with Gasteiger partial charge in [-0.1, -0.05) is 23.7 Å². The fourth-order valence-electron chi connectivity index (χ4n) is 4.96. The van der Waals surface area contributed by atoms with Crippen molar-refractivity contribution in [3.8, 4) is 11.6 Å². The van der Waals surface area contributed by atoms with E-state index in [-0.39, 0.29) is 18.3 Å². The van der Waals surface area contributed by atoms with Crippen LogP contribution < -0.4 is 9.47 Å². The van der Waals surface area contributed by atoms with E-state index in [2.05, 4.69) is 14.9 Å². The number of carboxylic acid groups (broad SMARTS) is 1. The second-order valence-electron chi connectivity index (χ2n) is 9.51. The molecule has 204 valence electrons. The number of rotatable bonds is 8. The van der Waals surface area contributed by atoms with Crippen LogP contribution >= 0.6 is 11.6 Å². The van der Waals surface area contributed by atoms with Gasteiger partial charge in [-0.2, -0.15) is 0 Å². The van der Waals surface area contributed by atoms with Gasteiger partial charge in [0.1, 0.15) is 29.3 Å². The van der Waals surface area contributed by atoms with Gasteiger partial charge >= 0.3 is 5.97 Å². The summed E-state index contributed by atoms with van der Waals surface area (Å²) in [6.07, 6.45) is 1.74. The fourth-order valence-corrected chi connectivity index (χ4v) is 5.12. The molecule has 2 aromatic heterocycles. The molecule has 1 N–H and O–H groups in total. The zero-order chi connectivity index (χ0) is 27.7. The third-order valence-corrected chi connectivity index (χ3v) is 7.32. The normalized spacial score (nSPS) is 14.6. The van der Waals surface area contributed by atoms with Crippen molar-refractivity contribution in [1.82, 2.24) is 19.4 Å². The molecule has 0 unspecified atom stereocenters. The highest BCUT2D eigenvalue weighted by Gasteiger charge is 2.26. The number of aromatic carboxylic acids is 1. The van der Waals surface area contributed by atoms with Crippen LogP contribution in [0.5, 0.6) is 11.6 Å². The molecule has 1 fully saturated rings. The number of piperidine rings is 1. The maximum absolute atomic E-state index is 14.7. The van der Waals surface area contributed by atoms with Crippen LogP contribution in [0.4, 0.5) is 8.78 Å². The Bertz CT molecular complexity index is 1540. The predicted molar refractivity (Wildman–Crippen MR) is 141 cm³/mol. The molecule has 2 aromatic carbocycles. The summed E-state index contributed by atoms with van der Waals surface area (Å²) in [5, 5.41) is 9.68. The molecule has 39 heavy (non-hydrogen) atoms. The van der Waals surface area contributed by atoms with Crippen molar-refractivity contribution < 1.29 is 28.2 Å². The number of methoxy groups -OCH3 is 1. The fraction of sp³-hybridized carbons (Fsp3) is 0.321. The van der Waals surface area contributed by atoms with Gasteiger partial charge in [-0.15, -0.1) is 0 Å². The first-order valence-corrected chi connectivity index (χ1v) is 12.8. The molecule has 4 aromatic rings. The number of hydrogen-bond donors (Lipinski definition) is 1. The number of benzene rings is 2. The van der Waals surface area contributed by atoms with Crippen molar-refractivity contribution in [2.75, 3.05) is 20.2 Å². The minimum atomic E-state index is -1.37. The second kappa shape index (κ2) is 11.2. The molecular formula is C28H27ClF2N4O4. The molecule has 0 aliphatic carbocycles. The number of nitrogens with zero attached hydrogens (tertiary/aromatic N) is 4. The summed E-state index contributed by atoms with van der Waals surface area (Å²) in [4.78, 5) is 23.0. The van der Waals surface area contributed by atoms with Crippen molar-refractivity contribution in [3.63, 3.8) is 0 Å². The van der Waals surface area contributed by atoms with E-state index in [4.69, 9.17) is 21.1 Å². The van der Waals surface area contributed by atoms with Crippen LogP contribution in [0.25, 0.3) is 11.0 Å². The van der Waals surface area contributed by atoms with Crippen LogP contribution in [0.1, 0.15) is 46.2 Å². The average molecular weight is 557 g/mol. The number of fused-ring (bicyclic) bond motifs is 1. The van der Waals surface area contributed by atoms with Gasteiger partial charge in [0.2, 0.25) is 5.88 Å². The van der Waals surface area contributed by atoms with Gasteiger partial charge in [-0.25, -0.2) is 23.5 Å². The summed E-state index contributed by atoms with van der Waals surface area (Å²) in [6, 6.07) is 11.3. The molecule has 1 saturated heterocycles. The standard InChI is InChI=1S/C28H27ClF2N4O4/c1-34-23(32-22-13-19(28(36)37)25(31)27(38-2)26(22)34)14-35-10-8-16(9-11-35)21-4-3-5-24(33-21)39-15-17-6-7-18(29)12-20(17)30/h3-7,12-13,16H,8-11,14-15H2,1-2H3,(H,36,37). The Labute approximate surface area is 228 Å². The largest absolute Gasteiger partial charge is 0.491 e. The van der Waals surface area contributed by atoms with Crippen molar-refractivity contribution >= 4 is 28.6 Å². The van der Waals surface area contributed by atoms with E-state index in [9.17, 15) is 18.7 Å². The number of hydrogen-bond acceptors (Lipinski definition) is 6. The Kier molecular flexibility index (Phi) is 7.67. The van der Waals surface area contributed by atoms with Gasteiger partial charge < -0.3 is 19.1 Å². The lowest BCUT2D eigenvalue weighted by molar-refractivity contribution is 0.0691.